The van der Waals surface area contributed by atoms with Gasteiger partial charge in [-0.2, -0.15) is 0 Å². The molecule has 124 valence electrons. The summed E-state index contributed by atoms with van der Waals surface area (Å²) in [4.78, 5) is 11.9. The van der Waals surface area contributed by atoms with Crippen LogP contribution in [0.3, 0.4) is 0 Å². The Morgan fingerprint density at radius 1 is 1.22 bits per heavy atom. The highest BCUT2D eigenvalue weighted by Gasteiger charge is 2.10. The van der Waals surface area contributed by atoms with Crippen LogP contribution in [-0.4, -0.2) is 11.0 Å². The summed E-state index contributed by atoms with van der Waals surface area (Å²) in [5.74, 6) is 1.09. The summed E-state index contributed by atoms with van der Waals surface area (Å²) in [5.41, 5.74) is 1.40. The minimum atomic E-state index is -0.149. The van der Waals surface area contributed by atoms with Gasteiger partial charge in [-0.15, -0.1) is 0 Å². The van der Waals surface area contributed by atoms with Crippen molar-refractivity contribution < 1.29 is 14.3 Å². The lowest BCUT2D eigenvalue weighted by atomic mass is 10.1. The zero-order valence-electron chi connectivity index (χ0n) is 13.3. The highest BCUT2D eigenvalue weighted by molar-refractivity contribution is 6.33. The minimum Gasteiger partial charge on any atom is -0.459 e. The van der Waals surface area contributed by atoms with Gasteiger partial charge in [0.1, 0.15) is 18.1 Å². The molecule has 0 radical (unpaired) electrons. The summed E-state index contributed by atoms with van der Waals surface area (Å²) in [6.45, 7) is 2.00. The SMILES string of the molecule is CCCCCCC(=O)Nc1ccc(-c2ccc(CO)o2)c(Cl)c1. The zero-order valence-corrected chi connectivity index (χ0v) is 14.0. The van der Waals surface area contributed by atoms with E-state index in [0.29, 0.717) is 28.7 Å². The molecule has 0 fully saturated rings. The van der Waals surface area contributed by atoms with E-state index in [2.05, 4.69) is 12.2 Å². The Morgan fingerprint density at radius 3 is 2.70 bits per heavy atom. The molecule has 5 heteroatoms. The summed E-state index contributed by atoms with van der Waals surface area (Å²) < 4.78 is 5.47. The third-order valence-electron chi connectivity index (χ3n) is 3.59. The molecule has 0 bridgehead atoms. The second kappa shape index (κ2) is 8.75. The van der Waals surface area contributed by atoms with Crippen molar-refractivity contribution >= 4 is 23.2 Å². The number of carbonyl (C=O) groups is 1. The Bertz CT molecular complexity index is 651. The molecule has 2 aromatic rings. The fraction of sp³-hybridized carbons (Fsp3) is 0.389. The van der Waals surface area contributed by atoms with Crippen LogP contribution in [0, 0.1) is 0 Å². The summed E-state index contributed by atoms with van der Waals surface area (Å²) in [7, 11) is 0. The lowest BCUT2D eigenvalue weighted by molar-refractivity contribution is -0.116. The quantitative estimate of drug-likeness (QED) is 0.667. The number of anilines is 1. The molecule has 0 atom stereocenters. The maximum Gasteiger partial charge on any atom is 0.224 e. The standard InChI is InChI=1S/C18H22ClNO3/c1-2-3-4-5-6-18(22)20-13-7-9-15(16(19)11-13)17-10-8-14(12-21)23-17/h7-11,21H,2-6,12H2,1H3,(H,20,22). The van der Waals surface area contributed by atoms with Crippen LogP contribution < -0.4 is 5.32 Å². The van der Waals surface area contributed by atoms with Crippen molar-refractivity contribution in [2.24, 2.45) is 0 Å². The Hall–Kier alpha value is -1.78. The predicted molar refractivity (Wildman–Crippen MR) is 92.5 cm³/mol. The fourth-order valence-electron chi connectivity index (χ4n) is 2.34. The molecule has 0 unspecified atom stereocenters. The van der Waals surface area contributed by atoms with Crippen molar-refractivity contribution in [1.82, 2.24) is 0 Å². The van der Waals surface area contributed by atoms with Crippen LogP contribution in [0.25, 0.3) is 11.3 Å². The number of amides is 1. The molecular formula is C18H22ClNO3. The van der Waals surface area contributed by atoms with Crippen molar-refractivity contribution in [3.05, 3.63) is 41.1 Å². The predicted octanol–water partition coefficient (Wildman–Crippen LogP) is 5.00. The van der Waals surface area contributed by atoms with Crippen LogP contribution in [0.5, 0.6) is 0 Å². The molecule has 0 saturated carbocycles. The summed E-state index contributed by atoms with van der Waals surface area (Å²) in [6, 6.07) is 8.78. The van der Waals surface area contributed by atoms with Gasteiger partial charge in [0, 0.05) is 17.7 Å². The largest absolute Gasteiger partial charge is 0.459 e. The highest BCUT2D eigenvalue weighted by Crippen LogP contribution is 2.31. The van der Waals surface area contributed by atoms with E-state index in [4.69, 9.17) is 21.1 Å². The maximum absolute atomic E-state index is 11.9. The van der Waals surface area contributed by atoms with Crippen molar-refractivity contribution in [3.63, 3.8) is 0 Å². The van der Waals surface area contributed by atoms with Gasteiger partial charge in [0.2, 0.25) is 5.91 Å². The first-order chi connectivity index (χ1) is 11.1. The molecule has 1 amide bonds. The third kappa shape index (κ3) is 5.12. The van der Waals surface area contributed by atoms with Gasteiger partial charge in [0.25, 0.3) is 0 Å². The van der Waals surface area contributed by atoms with Crippen LogP contribution in [0.1, 0.15) is 44.8 Å². The van der Waals surface area contributed by atoms with E-state index in [1.165, 1.54) is 0 Å². The molecule has 2 N–H and O–H groups in total. The maximum atomic E-state index is 11.9. The van der Waals surface area contributed by atoms with E-state index in [-0.39, 0.29) is 12.5 Å². The number of carbonyl (C=O) groups excluding carboxylic acids is 1. The number of benzene rings is 1. The monoisotopic (exact) mass is 335 g/mol. The molecule has 0 aliphatic carbocycles. The van der Waals surface area contributed by atoms with E-state index in [0.717, 1.165) is 31.2 Å². The lowest BCUT2D eigenvalue weighted by Gasteiger charge is -2.08. The van der Waals surface area contributed by atoms with E-state index < -0.39 is 0 Å². The Labute approximate surface area is 141 Å². The zero-order chi connectivity index (χ0) is 16.7. The van der Waals surface area contributed by atoms with Gasteiger partial charge >= 0.3 is 0 Å². The number of furan rings is 1. The van der Waals surface area contributed by atoms with Gasteiger partial charge in [-0.1, -0.05) is 37.8 Å². The number of unbranched alkanes of at least 4 members (excludes halogenated alkanes) is 3. The molecule has 0 aliphatic rings. The first-order valence-corrected chi connectivity index (χ1v) is 8.31. The van der Waals surface area contributed by atoms with Gasteiger partial charge in [-0.05, 0) is 36.8 Å². The van der Waals surface area contributed by atoms with E-state index in [9.17, 15) is 4.79 Å². The summed E-state index contributed by atoms with van der Waals surface area (Å²) >= 11 is 6.27. The number of aliphatic hydroxyl groups is 1. The van der Waals surface area contributed by atoms with Crippen molar-refractivity contribution in [2.75, 3.05) is 5.32 Å². The Morgan fingerprint density at radius 2 is 2.04 bits per heavy atom. The minimum absolute atomic E-state index is 0.00508. The molecule has 0 aliphatic heterocycles. The summed E-state index contributed by atoms with van der Waals surface area (Å²) in [6.07, 6.45) is 4.82. The topological polar surface area (TPSA) is 62.5 Å². The van der Waals surface area contributed by atoms with Crippen LogP contribution >= 0.6 is 11.6 Å². The van der Waals surface area contributed by atoms with E-state index in [1.807, 2.05) is 0 Å². The van der Waals surface area contributed by atoms with Crippen molar-refractivity contribution in [1.29, 1.82) is 0 Å². The molecule has 2 rings (SSSR count). The molecule has 1 heterocycles. The van der Waals surface area contributed by atoms with Gasteiger partial charge in [0.15, 0.2) is 0 Å². The van der Waals surface area contributed by atoms with E-state index in [1.54, 1.807) is 30.3 Å². The number of nitrogens with one attached hydrogen (secondary N) is 1. The number of hydrogen-bond acceptors (Lipinski definition) is 3. The molecule has 0 spiro atoms. The molecule has 0 saturated heterocycles. The smallest absolute Gasteiger partial charge is 0.224 e. The summed E-state index contributed by atoms with van der Waals surface area (Å²) in [5, 5.41) is 12.4. The number of rotatable bonds is 8. The van der Waals surface area contributed by atoms with Crippen LogP contribution in [0.15, 0.2) is 34.7 Å². The number of aliphatic hydroxyl groups excluding tert-OH is 1. The lowest BCUT2D eigenvalue weighted by Crippen LogP contribution is -2.11. The van der Waals surface area contributed by atoms with Crippen molar-refractivity contribution in [2.45, 2.75) is 45.6 Å². The Balaban J connectivity index is 1.97. The average molecular weight is 336 g/mol. The normalized spacial score (nSPS) is 10.7. The van der Waals surface area contributed by atoms with Crippen LogP contribution in [-0.2, 0) is 11.4 Å². The third-order valence-corrected chi connectivity index (χ3v) is 3.91. The molecular weight excluding hydrogens is 314 g/mol. The highest BCUT2D eigenvalue weighted by atomic mass is 35.5. The Kier molecular flexibility index (Phi) is 6.68. The average Bonchev–Trinajstić information content (AvgIpc) is 3.00. The fourth-order valence-corrected chi connectivity index (χ4v) is 2.61. The molecule has 23 heavy (non-hydrogen) atoms. The second-order valence-electron chi connectivity index (χ2n) is 5.48. The first kappa shape index (κ1) is 17.6. The number of halogens is 1. The molecule has 1 aromatic carbocycles. The van der Waals surface area contributed by atoms with Gasteiger partial charge in [-0.25, -0.2) is 0 Å². The van der Waals surface area contributed by atoms with Gasteiger partial charge < -0.3 is 14.8 Å². The van der Waals surface area contributed by atoms with Crippen molar-refractivity contribution in [3.8, 4) is 11.3 Å². The second-order valence-corrected chi connectivity index (χ2v) is 5.88. The molecule has 1 aromatic heterocycles. The van der Waals surface area contributed by atoms with Gasteiger partial charge in [0.05, 0.1) is 5.02 Å². The molecule has 4 nitrogen and oxygen atoms in total. The van der Waals surface area contributed by atoms with Gasteiger partial charge in [-0.3, -0.25) is 4.79 Å². The van der Waals surface area contributed by atoms with Crippen LogP contribution in [0.4, 0.5) is 5.69 Å². The van der Waals surface area contributed by atoms with Crippen LogP contribution in [0.2, 0.25) is 5.02 Å². The number of hydrogen-bond donors (Lipinski definition) is 2. The first-order valence-electron chi connectivity index (χ1n) is 7.93. The van der Waals surface area contributed by atoms with E-state index >= 15 is 0 Å².